The van der Waals surface area contributed by atoms with Crippen LogP contribution in [0.4, 0.5) is 0 Å². The minimum Gasteiger partial charge on any atom is -0.459 e. The lowest BCUT2D eigenvalue weighted by Gasteiger charge is -2.48. The number of rotatable bonds is 11. The van der Waals surface area contributed by atoms with Crippen LogP contribution >= 0.6 is 0 Å². The smallest absolute Gasteiger partial charge is 0.338 e. The van der Waals surface area contributed by atoms with Gasteiger partial charge in [-0.3, -0.25) is 0 Å². The standard InChI is InChI=1S/C27H36O6/c1-27(2)24(31-17-20-11-7-5-8-12-20)16-23(33-25(27)15-22(30-4)18-29-3)19-32-26(28)21-13-9-6-10-14-21/h5-14,22-25H,15-19H2,1-4H3/t22-,23-,24+,25+/m0/s1. The lowest BCUT2D eigenvalue weighted by molar-refractivity contribution is -0.210. The van der Waals surface area contributed by atoms with Crippen molar-refractivity contribution in [2.45, 2.75) is 57.7 Å². The van der Waals surface area contributed by atoms with Crippen molar-refractivity contribution in [3.8, 4) is 0 Å². The average molecular weight is 457 g/mol. The van der Waals surface area contributed by atoms with Crippen LogP contribution < -0.4 is 0 Å². The Morgan fingerprint density at radius 1 is 1.06 bits per heavy atom. The molecule has 0 spiro atoms. The van der Waals surface area contributed by atoms with Gasteiger partial charge in [-0.1, -0.05) is 62.4 Å². The Labute approximate surface area is 197 Å². The van der Waals surface area contributed by atoms with E-state index >= 15 is 0 Å². The third kappa shape index (κ3) is 7.11. The molecule has 0 amide bonds. The topological polar surface area (TPSA) is 63.2 Å². The molecule has 0 unspecified atom stereocenters. The maximum Gasteiger partial charge on any atom is 0.338 e. The molecule has 33 heavy (non-hydrogen) atoms. The lowest BCUT2D eigenvalue weighted by Crippen LogP contribution is -2.53. The molecule has 180 valence electrons. The number of esters is 1. The minimum absolute atomic E-state index is 0.0723. The van der Waals surface area contributed by atoms with Crippen LogP contribution in [0.25, 0.3) is 0 Å². The molecule has 1 aliphatic rings. The van der Waals surface area contributed by atoms with Crippen molar-refractivity contribution in [3.63, 3.8) is 0 Å². The second kappa shape index (κ2) is 12.3. The molecule has 1 saturated heterocycles. The van der Waals surface area contributed by atoms with Gasteiger partial charge in [0.1, 0.15) is 6.61 Å². The van der Waals surface area contributed by atoms with Gasteiger partial charge in [0, 0.05) is 32.5 Å². The van der Waals surface area contributed by atoms with Crippen LogP contribution in [0.5, 0.6) is 0 Å². The van der Waals surface area contributed by atoms with Gasteiger partial charge in [0.15, 0.2) is 0 Å². The molecule has 1 heterocycles. The molecular weight excluding hydrogens is 420 g/mol. The summed E-state index contributed by atoms with van der Waals surface area (Å²) in [6, 6.07) is 19.1. The van der Waals surface area contributed by atoms with Gasteiger partial charge in [-0.2, -0.15) is 0 Å². The van der Waals surface area contributed by atoms with E-state index in [0.717, 1.165) is 5.56 Å². The van der Waals surface area contributed by atoms with E-state index < -0.39 is 0 Å². The number of carbonyl (C=O) groups is 1. The van der Waals surface area contributed by atoms with Crippen LogP contribution in [0.15, 0.2) is 60.7 Å². The number of methoxy groups -OCH3 is 2. The van der Waals surface area contributed by atoms with E-state index in [-0.39, 0.29) is 42.4 Å². The van der Waals surface area contributed by atoms with Crippen LogP contribution in [0.1, 0.15) is 42.6 Å². The Balaban J connectivity index is 1.70. The Kier molecular flexibility index (Phi) is 9.44. The zero-order valence-electron chi connectivity index (χ0n) is 20.1. The summed E-state index contributed by atoms with van der Waals surface area (Å²) in [6.07, 6.45) is 0.715. The van der Waals surface area contributed by atoms with Crippen LogP contribution in [-0.4, -0.2) is 57.8 Å². The van der Waals surface area contributed by atoms with E-state index in [1.807, 2.05) is 36.4 Å². The first-order valence-electron chi connectivity index (χ1n) is 11.5. The van der Waals surface area contributed by atoms with Crippen molar-refractivity contribution >= 4 is 5.97 Å². The van der Waals surface area contributed by atoms with Crippen molar-refractivity contribution in [1.29, 1.82) is 0 Å². The van der Waals surface area contributed by atoms with Crippen LogP contribution in [0, 0.1) is 5.41 Å². The second-order valence-corrected chi connectivity index (χ2v) is 9.10. The largest absolute Gasteiger partial charge is 0.459 e. The highest BCUT2D eigenvalue weighted by Crippen LogP contribution is 2.41. The van der Waals surface area contributed by atoms with E-state index in [9.17, 15) is 4.79 Å². The number of benzene rings is 2. The molecule has 3 rings (SSSR count). The molecule has 0 saturated carbocycles. The summed E-state index contributed by atoms with van der Waals surface area (Å²) in [5.41, 5.74) is 1.39. The van der Waals surface area contributed by atoms with E-state index in [1.54, 1.807) is 26.4 Å². The van der Waals surface area contributed by atoms with Gasteiger partial charge in [-0.15, -0.1) is 0 Å². The Morgan fingerprint density at radius 2 is 1.73 bits per heavy atom. The maximum absolute atomic E-state index is 12.5. The predicted molar refractivity (Wildman–Crippen MR) is 126 cm³/mol. The van der Waals surface area contributed by atoms with Crippen molar-refractivity contribution in [3.05, 3.63) is 71.8 Å². The summed E-state index contributed by atoms with van der Waals surface area (Å²) in [4.78, 5) is 12.5. The summed E-state index contributed by atoms with van der Waals surface area (Å²) >= 11 is 0. The molecule has 0 aliphatic carbocycles. The third-order valence-electron chi connectivity index (χ3n) is 6.36. The fourth-order valence-electron chi connectivity index (χ4n) is 4.22. The van der Waals surface area contributed by atoms with Crippen molar-refractivity contribution in [2.75, 3.05) is 27.4 Å². The Bertz CT molecular complexity index is 838. The molecule has 0 aromatic heterocycles. The van der Waals surface area contributed by atoms with Gasteiger partial charge < -0.3 is 23.7 Å². The number of hydrogen-bond acceptors (Lipinski definition) is 6. The van der Waals surface area contributed by atoms with Gasteiger partial charge in [-0.05, 0) is 17.7 Å². The van der Waals surface area contributed by atoms with Gasteiger partial charge in [0.2, 0.25) is 0 Å². The molecule has 0 bridgehead atoms. The SMILES string of the molecule is COC[C@H](C[C@H]1O[C@H](COC(=O)c2ccccc2)C[C@@H](OCc2ccccc2)C1(C)C)OC. The fourth-order valence-corrected chi connectivity index (χ4v) is 4.22. The van der Waals surface area contributed by atoms with E-state index in [2.05, 4.69) is 26.0 Å². The minimum atomic E-state index is -0.350. The van der Waals surface area contributed by atoms with Crippen LogP contribution in [0.2, 0.25) is 0 Å². The number of ether oxygens (including phenoxy) is 5. The Hall–Kier alpha value is -2.25. The van der Waals surface area contributed by atoms with E-state index in [1.165, 1.54) is 0 Å². The van der Waals surface area contributed by atoms with Gasteiger partial charge >= 0.3 is 5.97 Å². The maximum atomic E-state index is 12.5. The van der Waals surface area contributed by atoms with Crippen LogP contribution in [0.3, 0.4) is 0 Å². The lowest BCUT2D eigenvalue weighted by atomic mass is 9.74. The summed E-state index contributed by atoms with van der Waals surface area (Å²) in [6.45, 7) is 5.51. The highest BCUT2D eigenvalue weighted by molar-refractivity contribution is 5.89. The van der Waals surface area contributed by atoms with Gasteiger partial charge in [-0.25, -0.2) is 4.79 Å². The summed E-state index contributed by atoms with van der Waals surface area (Å²) in [7, 11) is 3.35. The molecule has 4 atom stereocenters. The fraction of sp³-hybridized carbons (Fsp3) is 0.519. The highest BCUT2D eigenvalue weighted by atomic mass is 16.6. The molecular formula is C27H36O6. The molecule has 6 heteroatoms. The van der Waals surface area contributed by atoms with Crippen molar-refractivity contribution < 1.29 is 28.5 Å². The molecule has 6 nitrogen and oxygen atoms in total. The molecule has 1 fully saturated rings. The van der Waals surface area contributed by atoms with E-state index in [0.29, 0.717) is 31.6 Å². The first-order valence-corrected chi connectivity index (χ1v) is 11.5. The Morgan fingerprint density at radius 3 is 2.36 bits per heavy atom. The normalized spacial score (nSPS) is 23.1. The molecule has 0 N–H and O–H groups in total. The monoisotopic (exact) mass is 456 g/mol. The predicted octanol–water partition coefficient (Wildman–Crippen LogP) is 4.66. The van der Waals surface area contributed by atoms with Crippen LogP contribution in [-0.2, 0) is 30.3 Å². The first-order chi connectivity index (χ1) is 15.9. The summed E-state index contributed by atoms with van der Waals surface area (Å²) < 4.78 is 29.4. The second-order valence-electron chi connectivity index (χ2n) is 9.10. The van der Waals surface area contributed by atoms with Crippen molar-refractivity contribution in [1.82, 2.24) is 0 Å². The molecule has 2 aromatic rings. The first kappa shape index (κ1) is 25.4. The molecule has 2 aromatic carbocycles. The third-order valence-corrected chi connectivity index (χ3v) is 6.36. The highest BCUT2D eigenvalue weighted by Gasteiger charge is 2.46. The van der Waals surface area contributed by atoms with E-state index in [4.69, 9.17) is 23.7 Å². The zero-order chi connectivity index (χ0) is 23.7. The molecule has 0 radical (unpaired) electrons. The number of hydrogen-bond donors (Lipinski definition) is 0. The molecule has 1 aliphatic heterocycles. The number of carbonyl (C=O) groups excluding carboxylic acids is 1. The van der Waals surface area contributed by atoms with Crippen molar-refractivity contribution in [2.24, 2.45) is 5.41 Å². The quantitative estimate of drug-likeness (QED) is 0.458. The summed E-state index contributed by atoms with van der Waals surface area (Å²) in [5.74, 6) is -0.350. The van der Waals surface area contributed by atoms with Gasteiger partial charge in [0.05, 0.1) is 43.2 Å². The van der Waals surface area contributed by atoms with Gasteiger partial charge in [0.25, 0.3) is 0 Å². The average Bonchev–Trinajstić information content (AvgIpc) is 2.84. The summed E-state index contributed by atoms with van der Waals surface area (Å²) in [5, 5.41) is 0. The zero-order valence-corrected chi connectivity index (χ0v) is 20.1.